The minimum Gasteiger partial charge on any atom is -0.491 e. The van der Waals surface area contributed by atoms with E-state index in [1.165, 1.54) is 0 Å². The molecule has 1 fully saturated rings. The molecule has 0 saturated carbocycles. The molecule has 0 unspecified atom stereocenters. The maximum absolute atomic E-state index is 12.6. The number of ether oxygens (including phenoxy) is 3. The van der Waals surface area contributed by atoms with Gasteiger partial charge in [0.1, 0.15) is 18.1 Å². The number of nitrogens with one attached hydrogen (secondary N) is 1. The van der Waals surface area contributed by atoms with Gasteiger partial charge in [-0.3, -0.25) is 4.79 Å². The zero-order chi connectivity index (χ0) is 19.1. The van der Waals surface area contributed by atoms with Crippen molar-refractivity contribution in [3.05, 3.63) is 54.1 Å². The first-order valence-corrected chi connectivity index (χ1v) is 9.53. The molecule has 0 aromatic heterocycles. The lowest BCUT2D eigenvalue weighted by Gasteiger charge is -2.18. The Labute approximate surface area is 160 Å². The molecule has 2 aromatic rings. The molecule has 1 aliphatic rings. The lowest BCUT2D eigenvalue weighted by atomic mass is 10.2. The Morgan fingerprint density at radius 3 is 2.67 bits per heavy atom. The van der Waals surface area contributed by atoms with Crippen LogP contribution in [0.15, 0.2) is 48.5 Å². The molecule has 0 spiro atoms. The number of anilines is 1. The predicted molar refractivity (Wildman–Crippen MR) is 105 cm³/mol. The molecule has 0 radical (unpaired) electrons. The summed E-state index contributed by atoms with van der Waals surface area (Å²) in [5.74, 6) is 1.35. The summed E-state index contributed by atoms with van der Waals surface area (Å²) in [4.78, 5) is 12.6. The Kier molecular flexibility index (Phi) is 6.71. The molecule has 5 heteroatoms. The van der Waals surface area contributed by atoms with E-state index in [0.29, 0.717) is 13.0 Å². The summed E-state index contributed by atoms with van der Waals surface area (Å²) in [6.45, 7) is 5.29. The number of rotatable bonds is 8. The smallest absolute Gasteiger partial charge is 0.265 e. The average Bonchev–Trinajstić information content (AvgIpc) is 3.20. The molecule has 1 aliphatic heterocycles. The van der Waals surface area contributed by atoms with E-state index in [0.717, 1.165) is 42.2 Å². The van der Waals surface area contributed by atoms with E-state index in [2.05, 4.69) is 5.32 Å². The summed E-state index contributed by atoms with van der Waals surface area (Å²) in [5, 5.41) is 2.91. The second-order valence-corrected chi connectivity index (χ2v) is 6.74. The van der Waals surface area contributed by atoms with Crippen LogP contribution in [0.5, 0.6) is 11.5 Å². The zero-order valence-corrected chi connectivity index (χ0v) is 15.9. The Morgan fingerprint density at radius 2 is 2.00 bits per heavy atom. The molecule has 1 N–H and O–H groups in total. The van der Waals surface area contributed by atoms with Crippen molar-refractivity contribution in [3.63, 3.8) is 0 Å². The minimum atomic E-state index is -0.540. The van der Waals surface area contributed by atoms with Gasteiger partial charge in [0.2, 0.25) is 0 Å². The normalized spacial score (nSPS) is 17.3. The van der Waals surface area contributed by atoms with Gasteiger partial charge in [-0.25, -0.2) is 0 Å². The first-order chi connectivity index (χ1) is 13.2. The molecular formula is C22H27NO4. The Morgan fingerprint density at radius 1 is 1.22 bits per heavy atom. The van der Waals surface area contributed by atoms with E-state index in [1.807, 2.05) is 62.4 Å². The Hall–Kier alpha value is -2.53. The molecule has 2 atom stereocenters. The SMILES string of the molecule is CC[C@H](Oc1ccccc1C)C(=O)Nc1ccc(OC[C@@H]2CCCO2)cc1. The minimum absolute atomic E-state index is 0.159. The van der Waals surface area contributed by atoms with Crippen molar-refractivity contribution >= 4 is 11.6 Å². The summed E-state index contributed by atoms with van der Waals surface area (Å²) in [7, 11) is 0. The van der Waals surface area contributed by atoms with E-state index < -0.39 is 6.10 Å². The monoisotopic (exact) mass is 369 g/mol. The quantitative estimate of drug-likeness (QED) is 0.752. The molecule has 1 amide bonds. The van der Waals surface area contributed by atoms with Gasteiger partial charge in [0.25, 0.3) is 5.91 Å². The number of hydrogen-bond acceptors (Lipinski definition) is 4. The number of hydrogen-bond donors (Lipinski definition) is 1. The van der Waals surface area contributed by atoms with E-state index in [-0.39, 0.29) is 12.0 Å². The topological polar surface area (TPSA) is 56.8 Å². The molecule has 3 rings (SSSR count). The number of carbonyl (C=O) groups is 1. The van der Waals surface area contributed by atoms with Gasteiger partial charge >= 0.3 is 0 Å². The van der Waals surface area contributed by atoms with E-state index in [9.17, 15) is 4.79 Å². The van der Waals surface area contributed by atoms with Gasteiger partial charge in [0.15, 0.2) is 6.10 Å². The Balaban J connectivity index is 1.53. The molecule has 144 valence electrons. The number of benzene rings is 2. The highest BCUT2D eigenvalue weighted by molar-refractivity contribution is 5.94. The van der Waals surface area contributed by atoms with E-state index >= 15 is 0 Å². The van der Waals surface area contributed by atoms with Crippen LogP contribution >= 0.6 is 0 Å². The fourth-order valence-electron chi connectivity index (χ4n) is 2.99. The molecule has 0 aliphatic carbocycles. The predicted octanol–water partition coefficient (Wildman–Crippen LogP) is 4.35. The van der Waals surface area contributed by atoms with Crippen molar-refractivity contribution in [2.75, 3.05) is 18.5 Å². The molecule has 27 heavy (non-hydrogen) atoms. The van der Waals surface area contributed by atoms with Gasteiger partial charge in [-0.05, 0) is 62.1 Å². The lowest BCUT2D eigenvalue weighted by Crippen LogP contribution is -2.32. The number of para-hydroxylation sites is 1. The van der Waals surface area contributed by atoms with Crippen LogP contribution in [0.2, 0.25) is 0 Å². The number of amides is 1. The molecule has 1 heterocycles. The summed E-state index contributed by atoms with van der Waals surface area (Å²) in [6, 6.07) is 15.1. The van der Waals surface area contributed by atoms with Crippen LogP contribution in [0, 0.1) is 6.92 Å². The van der Waals surface area contributed by atoms with Crippen molar-refractivity contribution in [3.8, 4) is 11.5 Å². The summed E-state index contributed by atoms with van der Waals surface area (Å²) < 4.78 is 17.2. The van der Waals surface area contributed by atoms with Crippen LogP contribution in [0.3, 0.4) is 0 Å². The second-order valence-electron chi connectivity index (χ2n) is 6.74. The lowest BCUT2D eigenvalue weighted by molar-refractivity contribution is -0.122. The highest BCUT2D eigenvalue weighted by Crippen LogP contribution is 2.21. The van der Waals surface area contributed by atoms with Crippen molar-refractivity contribution in [1.82, 2.24) is 0 Å². The molecule has 1 saturated heterocycles. The fourth-order valence-corrected chi connectivity index (χ4v) is 2.99. The van der Waals surface area contributed by atoms with Gasteiger partial charge in [0, 0.05) is 12.3 Å². The van der Waals surface area contributed by atoms with Crippen molar-refractivity contribution in [1.29, 1.82) is 0 Å². The molecular weight excluding hydrogens is 342 g/mol. The van der Waals surface area contributed by atoms with E-state index in [4.69, 9.17) is 14.2 Å². The first kappa shape index (κ1) is 19.2. The summed E-state index contributed by atoms with van der Waals surface area (Å²) >= 11 is 0. The van der Waals surface area contributed by atoms with Gasteiger partial charge in [-0.15, -0.1) is 0 Å². The average molecular weight is 369 g/mol. The van der Waals surface area contributed by atoms with Gasteiger partial charge < -0.3 is 19.5 Å². The number of aryl methyl sites for hydroxylation is 1. The molecule has 2 aromatic carbocycles. The van der Waals surface area contributed by atoms with Crippen LogP contribution < -0.4 is 14.8 Å². The highest BCUT2D eigenvalue weighted by atomic mass is 16.5. The van der Waals surface area contributed by atoms with Gasteiger partial charge in [0.05, 0.1) is 6.10 Å². The second kappa shape index (κ2) is 9.42. The summed E-state index contributed by atoms with van der Waals surface area (Å²) in [6.07, 6.45) is 2.38. The van der Waals surface area contributed by atoms with Crippen molar-refractivity contribution in [2.45, 2.75) is 45.3 Å². The fraction of sp³-hybridized carbons (Fsp3) is 0.409. The third-order valence-corrected chi connectivity index (χ3v) is 4.61. The van der Waals surface area contributed by atoms with Gasteiger partial charge in [-0.2, -0.15) is 0 Å². The van der Waals surface area contributed by atoms with Crippen molar-refractivity contribution < 1.29 is 19.0 Å². The maximum Gasteiger partial charge on any atom is 0.265 e. The van der Waals surface area contributed by atoms with Crippen LogP contribution in [-0.4, -0.2) is 31.3 Å². The number of carbonyl (C=O) groups excluding carboxylic acids is 1. The highest BCUT2D eigenvalue weighted by Gasteiger charge is 2.19. The first-order valence-electron chi connectivity index (χ1n) is 9.53. The largest absolute Gasteiger partial charge is 0.491 e. The van der Waals surface area contributed by atoms with Crippen LogP contribution in [0.25, 0.3) is 0 Å². The molecule has 0 bridgehead atoms. The van der Waals surface area contributed by atoms with Crippen LogP contribution in [-0.2, 0) is 9.53 Å². The van der Waals surface area contributed by atoms with Crippen LogP contribution in [0.1, 0.15) is 31.7 Å². The maximum atomic E-state index is 12.6. The zero-order valence-electron chi connectivity index (χ0n) is 15.9. The summed E-state index contributed by atoms with van der Waals surface area (Å²) in [5.41, 5.74) is 1.73. The van der Waals surface area contributed by atoms with Crippen LogP contribution in [0.4, 0.5) is 5.69 Å². The third-order valence-electron chi connectivity index (χ3n) is 4.61. The Bertz CT molecular complexity index is 738. The molecule has 5 nitrogen and oxygen atoms in total. The third kappa shape index (κ3) is 5.47. The van der Waals surface area contributed by atoms with Gasteiger partial charge in [-0.1, -0.05) is 25.1 Å². The van der Waals surface area contributed by atoms with E-state index in [1.54, 1.807) is 0 Å². The van der Waals surface area contributed by atoms with Crippen molar-refractivity contribution in [2.24, 2.45) is 0 Å². The standard InChI is InChI=1S/C22H27NO4/c1-3-20(27-21-9-5-4-7-16(21)2)22(24)23-17-10-12-18(13-11-17)26-15-19-8-6-14-25-19/h4-5,7,9-13,19-20H,3,6,8,14-15H2,1-2H3,(H,23,24)/t19-,20-/m0/s1.